The summed E-state index contributed by atoms with van der Waals surface area (Å²) in [6.45, 7) is 1.60. The SMILES string of the molecule is O=C(NCCC1CCCN1)c1cc(O)[nH]c(=O)c1. The summed E-state index contributed by atoms with van der Waals surface area (Å²) in [6, 6.07) is 2.88. The fraction of sp³-hybridized carbons (Fsp3) is 0.500. The van der Waals surface area contributed by atoms with E-state index in [1.165, 1.54) is 18.6 Å². The third kappa shape index (κ3) is 3.33. The second-order valence-electron chi connectivity index (χ2n) is 4.46. The topological polar surface area (TPSA) is 94.2 Å². The van der Waals surface area contributed by atoms with Gasteiger partial charge in [0.1, 0.15) is 0 Å². The van der Waals surface area contributed by atoms with Crippen LogP contribution in [-0.2, 0) is 0 Å². The normalized spacial score (nSPS) is 18.8. The lowest BCUT2D eigenvalue weighted by atomic mass is 10.1. The largest absolute Gasteiger partial charge is 0.494 e. The average Bonchev–Trinajstić information content (AvgIpc) is 2.80. The molecule has 1 aliphatic heterocycles. The maximum Gasteiger partial charge on any atom is 0.251 e. The number of pyridine rings is 1. The van der Waals surface area contributed by atoms with Gasteiger partial charge in [0.2, 0.25) is 0 Å². The zero-order valence-electron chi connectivity index (χ0n) is 10.0. The molecule has 2 rings (SSSR count). The molecule has 2 heterocycles. The minimum Gasteiger partial charge on any atom is -0.494 e. The molecule has 0 aromatic carbocycles. The first-order chi connectivity index (χ1) is 8.65. The molecule has 1 saturated heterocycles. The summed E-state index contributed by atoms with van der Waals surface area (Å²) in [6.07, 6.45) is 3.20. The fourth-order valence-electron chi connectivity index (χ4n) is 2.12. The van der Waals surface area contributed by atoms with E-state index >= 15 is 0 Å². The monoisotopic (exact) mass is 251 g/mol. The van der Waals surface area contributed by atoms with E-state index in [2.05, 4.69) is 15.6 Å². The van der Waals surface area contributed by atoms with E-state index in [0.717, 1.165) is 19.4 Å². The first-order valence-corrected chi connectivity index (χ1v) is 6.10. The Morgan fingerprint density at radius 3 is 3.00 bits per heavy atom. The minimum absolute atomic E-state index is 0.177. The maximum atomic E-state index is 11.7. The summed E-state index contributed by atoms with van der Waals surface area (Å²) >= 11 is 0. The van der Waals surface area contributed by atoms with Crippen LogP contribution >= 0.6 is 0 Å². The Labute approximate surface area is 104 Å². The van der Waals surface area contributed by atoms with Crippen LogP contribution in [0, 0.1) is 0 Å². The van der Waals surface area contributed by atoms with Gasteiger partial charge in [0, 0.05) is 24.7 Å². The van der Waals surface area contributed by atoms with Gasteiger partial charge in [-0.25, -0.2) is 0 Å². The molecule has 0 bridgehead atoms. The Hall–Kier alpha value is -1.82. The molecule has 1 atom stereocenters. The fourth-order valence-corrected chi connectivity index (χ4v) is 2.12. The van der Waals surface area contributed by atoms with Crippen molar-refractivity contribution in [2.24, 2.45) is 0 Å². The summed E-state index contributed by atoms with van der Waals surface area (Å²) in [5, 5.41) is 15.3. The van der Waals surface area contributed by atoms with Crippen LogP contribution in [-0.4, -0.2) is 35.1 Å². The van der Waals surface area contributed by atoms with Crippen LogP contribution in [0.3, 0.4) is 0 Å². The molecule has 6 nitrogen and oxygen atoms in total. The number of nitrogens with one attached hydrogen (secondary N) is 3. The highest BCUT2D eigenvalue weighted by atomic mass is 16.3. The van der Waals surface area contributed by atoms with Crippen LogP contribution in [0.1, 0.15) is 29.6 Å². The number of H-pyrrole nitrogens is 1. The lowest BCUT2D eigenvalue weighted by Crippen LogP contribution is -2.31. The van der Waals surface area contributed by atoms with Gasteiger partial charge >= 0.3 is 0 Å². The molecule has 98 valence electrons. The zero-order chi connectivity index (χ0) is 13.0. The smallest absolute Gasteiger partial charge is 0.251 e. The highest BCUT2D eigenvalue weighted by molar-refractivity contribution is 5.94. The van der Waals surface area contributed by atoms with Crippen LogP contribution in [0.15, 0.2) is 16.9 Å². The summed E-state index contributed by atoms with van der Waals surface area (Å²) < 4.78 is 0. The third-order valence-corrected chi connectivity index (χ3v) is 3.03. The van der Waals surface area contributed by atoms with Crippen LogP contribution in [0.4, 0.5) is 0 Å². The maximum absolute atomic E-state index is 11.7. The number of aromatic amines is 1. The highest BCUT2D eigenvalue weighted by Gasteiger charge is 2.14. The number of hydrogen-bond acceptors (Lipinski definition) is 4. The van der Waals surface area contributed by atoms with Gasteiger partial charge in [0.05, 0.1) is 5.56 Å². The van der Waals surface area contributed by atoms with Gasteiger partial charge in [-0.2, -0.15) is 0 Å². The number of hydrogen-bond donors (Lipinski definition) is 4. The molecule has 0 saturated carbocycles. The molecule has 6 heteroatoms. The standard InChI is InChI=1S/C12H17N3O3/c16-10-6-8(7-11(17)15-10)12(18)14-5-3-9-2-1-4-13-9/h6-7,9,13H,1-5H2,(H,14,18)(H2,15,16,17). The molecule has 1 unspecified atom stereocenters. The van der Waals surface area contributed by atoms with Crippen LogP contribution in [0.5, 0.6) is 5.88 Å². The average molecular weight is 251 g/mol. The van der Waals surface area contributed by atoms with Crippen molar-refractivity contribution in [1.82, 2.24) is 15.6 Å². The van der Waals surface area contributed by atoms with Crippen LogP contribution < -0.4 is 16.2 Å². The summed E-state index contributed by atoms with van der Waals surface area (Å²) in [5.41, 5.74) is -0.312. The van der Waals surface area contributed by atoms with E-state index in [9.17, 15) is 14.7 Å². The van der Waals surface area contributed by atoms with Crippen molar-refractivity contribution in [2.75, 3.05) is 13.1 Å². The number of carbonyl (C=O) groups excluding carboxylic acids is 1. The Morgan fingerprint density at radius 2 is 2.33 bits per heavy atom. The molecule has 0 aliphatic carbocycles. The number of aromatic hydroxyl groups is 1. The lowest BCUT2D eigenvalue weighted by Gasteiger charge is -2.10. The van der Waals surface area contributed by atoms with Gasteiger partial charge in [0.15, 0.2) is 5.88 Å². The lowest BCUT2D eigenvalue weighted by molar-refractivity contribution is 0.0951. The minimum atomic E-state index is -0.488. The van der Waals surface area contributed by atoms with Crippen molar-refractivity contribution in [3.05, 3.63) is 28.0 Å². The molecule has 4 N–H and O–H groups in total. The predicted octanol–water partition coefficient (Wildman–Crippen LogP) is -0.0476. The van der Waals surface area contributed by atoms with E-state index in [1.54, 1.807) is 0 Å². The molecule has 1 aromatic heterocycles. The van der Waals surface area contributed by atoms with Crippen molar-refractivity contribution in [3.8, 4) is 5.88 Å². The van der Waals surface area contributed by atoms with Crippen molar-refractivity contribution < 1.29 is 9.90 Å². The molecule has 1 aromatic rings. The summed E-state index contributed by atoms with van der Waals surface area (Å²) in [4.78, 5) is 25.0. The zero-order valence-corrected chi connectivity index (χ0v) is 10.0. The third-order valence-electron chi connectivity index (χ3n) is 3.03. The molecular weight excluding hydrogens is 234 g/mol. The Bertz CT molecular complexity index is 478. The molecule has 0 spiro atoms. The van der Waals surface area contributed by atoms with E-state index in [4.69, 9.17) is 0 Å². The van der Waals surface area contributed by atoms with Gasteiger partial charge in [0.25, 0.3) is 11.5 Å². The predicted molar refractivity (Wildman–Crippen MR) is 66.7 cm³/mol. The van der Waals surface area contributed by atoms with Crippen molar-refractivity contribution in [1.29, 1.82) is 0 Å². The molecule has 18 heavy (non-hydrogen) atoms. The van der Waals surface area contributed by atoms with E-state index in [-0.39, 0.29) is 17.4 Å². The van der Waals surface area contributed by atoms with Crippen molar-refractivity contribution in [2.45, 2.75) is 25.3 Å². The van der Waals surface area contributed by atoms with Gasteiger partial charge < -0.3 is 15.7 Å². The Kier molecular flexibility index (Phi) is 3.99. The van der Waals surface area contributed by atoms with E-state index < -0.39 is 5.56 Å². The van der Waals surface area contributed by atoms with Crippen molar-refractivity contribution >= 4 is 5.91 Å². The summed E-state index contributed by atoms with van der Waals surface area (Å²) in [5.74, 6) is -0.639. The van der Waals surface area contributed by atoms with Crippen LogP contribution in [0.2, 0.25) is 0 Å². The molecule has 0 radical (unpaired) electrons. The first-order valence-electron chi connectivity index (χ1n) is 6.10. The number of aromatic nitrogens is 1. The molecular formula is C12H17N3O3. The van der Waals surface area contributed by atoms with E-state index in [0.29, 0.717) is 12.6 Å². The second kappa shape index (κ2) is 5.68. The number of amides is 1. The van der Waals surface area contributed by atoms with Gasteiger partial charge in [-0.15, -0.1) is 0 Å². The summed E-state index contributed by atoms with van der Waals surface area (Å²) in [7, 11) is 0. The molecule has 1 amide bonds. The van der Waals surface area contributed by atoms with Gasteiger partial charge in [-0.3, -0.25) is 14.6 Å². The van der Waals surface area contributed by atoms with Gasteiger partial charge in [-0.05, 0) is 25.8 Å². The first kappa shape index (κ1) is 12.6. The van der Waals surface area contributed by atoms with Crippen molar-refractivity contribution in [3.63, 3.8) is 0 Å². The second-order valence-corrected chi connectivity index (χ2v) is 4.46. The van der Waals surface area contributed by atoms with E-state index in [1.807, 2.05) is 0 Å². The number of rotatable bonds is 4. The van der Waals surface area contributed by atoms with Crippen LogP contribution in [0.25, 0.3) is 0 Å². The number of carbonyl (C=O) groups is 1. The Morgan fingerprint density at radius 1 is 1.50 bits per heavy atom. The molecule has 1 fully saturated rings. The quantitative estimate of drug-likeness (QED) is 0.603. The van der Waals surface area contributed by atoms with Gasteiger partial charge in [-0.1, -0.05) is 0 Å². The highest BCUT2D eigenvalue weighted by Crippen LogP contribution is 2.08. The molecule has 1 aliphatic rings. The Balaban J connectivity index is 1.85.